The highest BCUT2D eigenvalue weighted by Gasteiger charge is 2.55. The first-order valence-corrected chi connectivity index (χ1v) is 22.1. The predicted molar refractivity (Wildman–Crippen MR) is 239 cm³/mol. The molecule has 1 aromatic heterocycles. The number of carbonyl (C=O) groups is 1. The zero-order chi connectivity index (χ0) is 44.7. The summed E-state index contributed by atoms with van der Waals surface area (Å²) in [7, 11) is 1.37. The molecule has 2 bridgehead atoms. The van der Waals surface area contributed by atoms with E-state index in [1.165, 1.54) is 4.57 Å². The van der Waals surface area contributed by atoms with E-state index < -0.39 is 50.5 Å². The van der Waals surface area contributed by atoms with Gasteiger partial charge in [0.25, 0.3) is 14.4 Å². The van der Waals surface area contributed by atoms with Gasteiger partial charge < -0.3 is 38.0 Å². The predicted octanol–water partition coefficient (Wildman–Crippen LogP) is 8.16. The first-order chi connectivity index (χ1) is 30.5. The number of methoxy groups -OCH3 is 2. The smallest absolute Gasteiger partial charge is 0.351 e. The van der Waals surface area contributed by atoms with Crippen molar-refractivity contribution in [2.75, 3.05) is 32.8 Å². The third kappa shape index (κ3) is 9.86. The Hall–Kier alpha value is -5.49. The fourth-order valence-electron chi connectivity index (χ4n) is 8.08. The van der Waals surface area contributed by atoms with Gasteiger partial charge in [0.15, 0.2) is 6.23 Å². The van der Waals surface area contributed by atoms with E-state index in [2.05, 4.69) is 48.7 Å². The molecule has 2 aliphatic heterocycles. The summed E-state index contributed by atoms with van der Waals surface area (Å²) in [5.41, 5.74) is 1.80. The number of carbonyl (C=O) groups excluding carboxylic acids is 1. The summed E-state index contributed by atoms with van der Waals surface area (Å²) in [5, 5.41) is 13.0. The van der Waals surface area contributed by atoms with Gasteiger partial charge >= 0.3 is 5.69 Å². The number of nitrogens with zero attached hydrogens (tertiary/aromatic N) is 4. The average molecular weight is 876 g/mol. The Bertz CT molecular complexity index is 2340. The molecule has 2 aliphatic rings. The molecule has 0 spiro atoms. The quantitative estimate of drug-likeness (QED) is 0.0629. The van der Waals surface area contributed by atoms with E-state index in [0.29, 0.717) is 22.6 Å². The maximum atomic E-state index is 13.6. The number of nitrogens with one attached hydrogen (secondary N) is 1. The molecule has 2 unspecified atom stereocenters. The number of fused-ring (bicyclic) bond motifs is 2. The first kappa shape index (κ1) is 45.5. The molecular weight excluding hydrogens is 822 g/mol. The van der Waals surface area contributed by atoms with E-state index in [1.807, 2.05) is 84.9 Å². The molecule has 63 heavy (non-hydrogen) atoms. The molecule has 330 valence electrons. The number of benzene rings is 4. The molecule has 2 saturated heterocycles. The van der Waals surface area contributed by atoms with Crippen LogP contribution in [0.15, 0.2) is 120 Å². The van der Waals surface area contributed by atoms with Crippen molar-refractivity contribution in [3.8, 4) is 17.6 Å². The average Bonchev–Trinajstić information content (AvgIpc) is 3.84. The van der Waals surface area contributed by atoms with Crippen LogP contribution in [0.3, 0.4) is 0 Å². The Morgan fingerprint density at radius 2 is 1.48 bits per heavy atom. The van der Waals surface area contributed by atoms with Gasteiger partial charge in [-0.1, -0.05) is 72.8 Å². The number of hydrogen-bond donors (Lipinski definition) is 1. The summed E-state index contributed by atoms with van der Waals surface area (Å²) in [6, 6.07) is 36.4. The van der Waals surface area contributed by atoms with E-state index in [-0.39, 0.29) is 43.4 Å². The van der Waals surface area contributed by atoms with Gasteiger partial charge in [-0.25, -0.2) is 9.46 Å². The fraction of sp³-hybridized carbons (Fsp3) is 0.375. The highest BCUT2D eigenvalue weighted by molar-refractivity contribution is 7.44. The number of ether oxygens (including phenoxy) is 5. The number of amides is 1. The summed E-state index contributed by atoms with van der Waals surface area (Å²) < 4.78 is 48.4. The largest absolute Gasteiger partial charge is 0.497 e. The second-order valence-electron chi connectivity index (χ2n) is 15.9. The van der Waals surface area contributed by atoms with E-state index in [1.54, 1.807) is 51.6 Å². The molecule has 14 nitrogen and oxygen atoms in total. The number of aromatic nitrogens is 2. The fourth-order valence-corrected chi connectivity index (χ4v) is 9.96. The SMILES string of the molecule is COc1ccc(C(OC[C@@H](CC#N)OP(O[C@@H]2C3CO[C@@H]2[C@H](n2cc(C)c(NC(=O)c4ccccc4)nc2=O)O3)N(C(C)C)C(C)C)(c2ccccc2)c2ccc(OC)cc2)cc1. The summed E-state index contributed by atoms with van der Waals surface area (Å²) >= 11 is 0. The molecule has 15 heteroatoms. The minimum absolute atomic E-state index is 0.00294. The van der Waals surface area contributed by atoms with E-state index in [4.69, 9.17) is 32.7 Å². The lowest BCUT2D eigenvalue weighted by Gasteiger charge is -2.40. The molecular formula is C48H54N5O9P. The van der Waals surface area contributed by atoms with Gasteiger partial charge in [0.1, 0.15) is 47.3 Å². The topological polar surface area (TPSA) is 156 Å². The molecule has 3 heterocycles. The van der Waals surface area contributed by atoms with Crippen molar-refractivity contribution >= 4 is 20.3 Å². The van der Waals surface area contributed by atoms with Gasteiger partial charge in [0.05, 0.1) is 39.9 Å². The number of rotatable bonds is 19. The van der Waals surface area contributed by atoms with Crippen molar-refractivity contribution < 1.29 is 37.5 Å². The molecule has 0 radical (unpaired) electrons. The number of aryl methyl sites for hydroxylation is 1. The Labute approximate surface area is 369 Å². The number of nitriles is 1. The van der Waals surface area contributed by atoms with Crippen molar-refractivity contribution in [2.45, 2.75) is 89.4 Å². The van der Waals surface area contributed by atoms with Crippen LogP contribution >= 0.6 is 8.53 Å². The van der Waals surface area contributed by atoms with Gasteiger partial charge in [-0.05, 0) is 87.7 Å². The zero-order valence-corrected chi connectivity index (χ0v) is 37.4. The highest BCUT2D eigenvalue weighted by atomic mass is 31.2. The molecule has 7 rings (SSSR count). The molecule has 1 amide bonds. The normalized spacial score (nSPS) is 19.3. The molecule has 0 saturated carbocycles. The Kier molecular flexibility index (Phi) is 14.7. The van der Waals surface area contributed by atoms with Crippen molar-refractivity contribution in [1.82, 2.24) is 14.2 Å². The maximum Gasteiger partial charge on any atom is 0.351 e. The molecule has 0 aliphatic carbocycles. The van der Waals surface area contributed by atoms with Crippen molar-refractivity contribution in [2.24, 2.45) is 0 Å². The van der Waals surface area contributed by atoms with Gasteiger partial charge in [0.2, 0.25) is 0 Å². The summed E-state index contributed by atoms with van der Waals surface area (Å²) in [5.74, 6) is 1.17. The maximum absolute atomic E-state index is 13.6. The van der Waals surface area contributed by atoms with Gasteiger partial charge in [0, 0.05) is 29.4 Å². The van der Waals surface area contributed by atoms with Crippen molar-refractivity contribution in [1.29, 1.82) is 5.26 Å². The van der Waals surface area contributed by atoms with Crippen LogP contribution in [0.25, 0.3) is 0 Å². The lowest BCUT2D eigenvalue weighted by atomic mass is 9.80. The van der Waals surface area contributed by atoms with E-state index >= 15 is 0 Å². The Morgan fingerprint density at radius 3 is 2.03 bits per heavy atom. The van der Waals surface area contributed by atoms with E-state index in [0.717, 1.165) is 16.7 Å². The van der Waals surface area contributed by atoms with Crippen LogP contribution in [0.1, 0.15) is 73.0 Å². The van der Waals surface area contributed by atoms with Crippen LogP contribution in [0.2, 0.25) is 0 Å². The third-order valence-electron chi connectivity index (χ3n) is 11.1. The van der Waals surface area contributed by atoms with Crippen molar-refractivity contribution in [3.05, 3.63) is 154 Å². The monoisotopic (exact) mass is 875 g/mol. The second-order valence-corrected chi connectivity index (χ2v) is 17.3. The minimum atomic E-state index is -1.88. The first-order valence-electron chi connectivity index (χ1n) is 21.0. The van der Waals surface area contributed by atoms with Gasteiger partial charge in [-0.2, -0.15) is 10.2 Å². The Morgan fingerprint density at radius 1 is 0.905 bits per heavy atom. The van der Waals surface area contributed by atoms with Gasteiger partial charge in [-0.3, -0.25) is 9.36 Å². The van der Waals surface area contributed by atoms with Crippen LogP contribution in [0.4, 0.5) is 5.82 Å². The highest BCUT2D eigenvalue weighted by Crippen LogP contribution is 2.53. The summed E-state index contributed by atoms with van der Waals surface area (Å²) in [6.07, 6.45) is -1.82. The van der Waals surface area contributed by atoms with Crippen molar-refractivity contribution in [3.63, 3.8) is 0 Å². The second kappa shape index (κ2) is 20.3. The van der Waals surface area contributed by atoms with E-state index in [9.17, 15) is 14.9 Å². The lowest BCUT2D eigenvalue weighted by molar-refractivity contribution is -0.128. The third-order valence-corrected chi connectivity index (χ3v) is 13.3. The van der Waals surface area contributed by atoms with Crippen LogP contribution < -0.4 is 20.5 Å². The molecule has 5 aromatic rings. The Balaban J connectivity index is 1.17. The summed E-state index contributed by atoms with van der Waals surface area (Å²) in [4.78, 5) is 30.7. The molecule has 6 atom stereocenters. The lowest BCUT2D eigenvalue weighted by Crippen LogP contribution is -2.40. The standard InChI is InChI=1S/C48H54N5O9P/c1-31(2)53(32(3)4)63(62-42-41-30-58-43(42)46(60-41)52-28-33(5)44(51-47(52)55)50-45(54)34-14-10-8-11-15-34)61-40(26-27-49)29-59-48(35-16-12-9-13-17-35,36-18-22-38(56-6)23-19-36)37-20-24-39(57-7)25-21-37/h8-25,28,31-32,40-43,46H,26,29-30H2,1-7H3,(H,50,51,54,55)/t40-,41?,42-,43+,46-,63?/m1/s1. The molecule has 2 fully saturated rings. The van der Waals surface area contributed by atoms with Crippen LogP contribution in [0, 0.1) is 18.3 Å². The van der Waals surface area contributed by atoms with Gasteiger partial charge in [-0.15, -0.1) is 0 Å². The summed E-state index contributed by atoms with van der Waals surface area (Å²) in [6.45, 7) is 10.3. The zero-order valence-electron chi connectivity index (χ0n) is 36.5. The van der Waals surface area contributed by atoms with Crippen LogP contribution in [0.5, 0.6) is 11.5 Å². The minimum Gasteiger partial charge on any atom is -0.497 e. The molecule has 4 aromatic carbocycles. The molecule has 1 N–H and O–H groups in total. The number of hydrogen-bond acceptors (Lipinski definition) is 12. The van der Waals surface area contributed by atoms with Crippen LogP contribution in [-0.2, 0) is 28.9 Å². The van der Waals surface area contributed by atoms with Crippen LogP contribution in [-0.4, -0.2) is 84.1 Å². The number of anilines is 1.